The number of nitrogens with zero attached hydrogens (tertiary/aromatic N) is 1. The van der Waals surface area contributed by atoms with E-state index >= 15 is 0 Å². The Hall–Kier alpha value is -0.540. The zero-order valence-corrected chi connectivity index (χ0v) is 13.6. The lowest BCUT2D eigenvalue weighted by Gasteiger charge is -2.25. The summed E-state index contributed by atoms with van der Waals surface area (Å²) in [5.74, 6) is 0.909. The number of rotatable bonds is 3. The molecule has 2 rings (SSSR count). The monoisotopic (exact) mass is 324 g/mol. The van der Waals surface area contributed by atoms with Crippen molar-refractivity contribution in [2.75, 3.05) is 18.0 Å². The molecule has 1 aliphatic rings. The first-order valence-corrected chi connectivity index (χ1v) is 8.21. The zero-order chi connectivity index (χ0) is 13.8. The maximum atomic E-state index is 5.94. The van der Waals surface area contributed by atoms with Gasteiger partial charge < -0.3 is 10.6 Å². The lowest BCUT2D eigenvalue weighted by Crippen LogP contribution is -2.24. The summed E-state index contributed by atoms with van der Waals surface area (Å²) in [6, 6.07) is 6.64. The number of halogens is 1. The van der Waals surface area contributed by atoms with Crippen molar-refractivity contribution >= 4 is 21.6 Å². The van der Waals surface area contributed by atoms with E-state index < -0.39 is 0 Å². The minimum Gasteiger partial charge on any atom is -0.371 e. The Balaban J connectivity index is 2.13. The smallest absolute Gasteiger partial charge is 0.0510 e. The van der Waals surface area contributed by atoms with Crippen LogP contribution in [-0.4, -0.2) is 13.1 Å². The maximum Gasteiger partial charge on any atom is 0.0510 e. The molecule has 0 aromatic heterocycles. The number of hydrogen-bond acceptors (Lipinski definition) is 2. The molecule has 1 aliphatic heterocycles. The fourth-order valence-electron chi connectivity index (χ4n) is 2.88. The fraction of sp³-hybridized carbons (Fsp3) is 0.625. The minimum absolute atomic E-state index is 0.0963. The molecular weight excluding hydrogens is 300 g/mol. The Morgan fingerprint density at radius 2 is 2.16 bits per heavy atom. The van der Waals surface area contributed by atoms with Gasteiger partial charge in [0.05, 0.1) is 5.69 Å². The summed E-state index contributed by atoms with van der Waals surface area (Å²) in [4.78, 5) is 2.52. The first kappa shape index (κ1) is 14.9. The maximum absolute atomic E-state index is 5.94. The van der Waals surface area contributed by atoms with Crippen LogP contribution in [-0.2, 0) is 0 Å². The van der Waals surface area contributed by atoms with Gasteiger partial charge in [-0.2, -0.15) is 0 Å². The highest BCUT2D eigenvalue weighted by atomic mass is 79.9. The highest BCUT2D eigenvalue weighted by Gasteiger charge is 2.17. The van der Waals surface area contributed by atoms with Crippen molar-refractivity contribution in [2.45, 2.75) is 45.6 Å². The molecule has 1 aromatic rings. The summed E-state index contributed by atoms with van der Waals surface area (Å²) >= 11 is 3.71. The minimum atomic E-state index is 0.0963. The Kier molecular flexibility index (Phi) is 5.28. The topological polar surface area (TPSA) is 29.3 Å². The normalized spacial score (nSPS) is 22.1. The highest BCUT2D eigenvalue weighted by Crippen LogP contribution is 2.31. The Morgan fingerprint density at radius 3 is 2.79 bits per heavy atom. The molecule has 2 unspecified atom stereocenters. The second-order valence-corrected chi connectivity index (χ2v) is 6.55. The summed E-state index contributed by atoms with van der Waals surface area (Å²) in [6.45, 7) is 6.69. The van der Waals surface area contributed by atoms with Gasteiger partial charge in [0.2, 0.25) is 0 Å². The van der Waals surface area contributed by atoms with Crippen LogP contribution in [0.3, 0.4) is 0 Å². The van der Waals surface area contributed by atoms with Crippen LogP contribution in [0, 0.1) is 5.92 Å². The molecule has 1 heterocycles. The van der Waals surface area contributed by atoms with Crippen LogP contribution in [0.4, 0.5) is 5.69 Å². The van der Waals surface area contributed by atoms with E-state index in [4.69, 9.17) is 5.73 Å². The zero-order valence-electron chi connectivity index (χ0n) is 12.0. The van der Waals surface area contributed by atoms with Crippen molar-refractivity contribution in [3.8, 4) is 0 Å². The van der Waals surface area contributed by atoms with Gasteiger partial charge in [0.1, 0.15) is 0 Å². The van der Waals surface area contributed by atoms with Gasteiger partial charge >= 0.3 is 0 Å². The van der Waals surface area contributed by atoms with Gasteiger partial charge in [-0.15, -0.1) is 0 Å². The molecule has 2 N–H and O–H groups in total. The molecule has 1 fully saturated rings. The molecule has 1 saturated heterocycles. The lowest BCUT2D eigenvalue weighted by molar-refractivity contribution is 0.459. The highest BCUT2D eigenvalue weighted by molar-refractivity contribution is 9.10. The predicted octanol–water partition coefficient (Wildman–Crippen LogP) is 4.49. The summed E-state index contributed by atoms with van der Waals surface area (Å²) in [6.07, 6.45) is 5.32. The van der Waals surface area contributed by atoms with E-state index in [1.165, 1.54) is 54.5 Å². The van der Waals surface area contributed by atoms with Gasteiger partial charge in [-0.1, -0.05) is 19.4 Å². The molecule has 0 saturated carbocycles. The van der Waals surface area contributed by atoms with Gasteiger partial charge in [0, 0.05) is 23.6 Å². The summed E-state index contributed by atoms with van der Waals surface area (Å²) < 4.78 is 1.18. The lowest BCUT2D eigenvalue weighted by atomic mass is 9.98. The third-order valence-electron chi connectivity index (χ3n) is 4.26. The molecule has 19 heavy (non-hydrogen) atoms. The number of anilines is 1. The largest absolute Gasteiger partial charge is 0.371 e. The van der Waals surface area contributed by atoms with Crippen LogP contribution >= 0.6 is 15.9 Å². The van der Waals surface area contributed by atoms with E-state index in [9.17, 15) is 0 Å². The standard InChI is InChI=1S/C16H25BrN2/c1-3-13-5-4-9-19(10-8-13)16-7-6-14(12(2)18)11-15(16)17/h6-7,11-13H,3-5,8-10,18H2,1-2H3. The molecule has 3 heteroatoms. The van der Waals surface area contributed by atoms with Crippen LogP contribution in [0.2, 0.25) is 0 Å². The molecule has 0 amide bonds. The van der Waals surface area contributed by atoms with Crippen LogP contribution in [0.1, 0.15) is 51.1 Å². The number of nitrogens with two attached hydrogens (primary N) is 1. The van der Waals surface area contributed by atoms with Gasteiger partial charge in [0.25, 0.3) is 0 Å². The van der Waals surface area contributed by atoms with Crippen molar-refractivity contribution < 1.29 is 0 Å². The summed E-state index contributed by atoms with van der Waals surface area (Å²) in [5.41, 5.74) is 8.45. The van der Waals surface area contributed by atoms with Gasteiger partial charge in [-0.05, 0) is 65.7 Å². The van der Waals surface area contributed by atoms with Crippen LogP contribution in [0.5, 0.6) is 0 Å². The molecular formula is C16H25BrN2. The van der Waals surface area contributed by atoms with E-state index in [0.717, 1.165) is 5.92 Å². The quantitative estimate of drug-likeness (QED) is 0.887. The predicted molar refractivity (Wildman–Crippen MR) is 86.6 cm³/mol. The molecule has 1 aromatic carbocycles. The fourth-order valence-corrected chi connectivity index (χ4v) is 3.52. The first-order chi connectivity index (χ1) is 9.11. The second-order valence-electron chi connectivity index (χ2n) is 5.69. The average Bonchev–Trinajstić information content (AvgIpc) is 2.63. The van der Waals surface area contributed by atoms with E-state index in [0.29, 0.717) is 0 Å². The average molecular weight is 325 g/mol. The second kappa shape index (κ2) is 6.76. The van der Waals surface area contributed by atoms with Crippen molar-refractivity contribution in [1.29, 1.82) is 0 Å². The third-order valence-corrected chi connectivity index (χ3v) is 4.90. The molecule has 0 aliphatic carbocycles. The number of benzene rings is 1. The van der Waals surface area contributed by atoms with E-state index in [1.54, 1.807) is 0 Å². The van der Waals surface area contributed by atoms with E-state index in [1.807, 2.05) is 6.92 Å². The van der Waals surface area contributed by atoms with E-state index in [2.05, 4.69) is 46.0 Å². The molecule has 0 spiro atoms. The molecule has 106 valence electrons. The van der Waals surface area contributed by atoms with Crippen molar-refractivity contribution in [3.05, 3.63) is 28.2 Å². The third kappa shape index (κ3) is 3.73. The Labute approximate surface area is 125 Å². The van der Waals surface area contributed by atoms with Crippen molar-refractivity contribution in [1.82, 2.24) is 0 Å². The molecule has 0 radical (unpaired) electrons. The molecule has 0 bridgehead atoms. The van der Waals surface area contributed by atoms with Gasteiger partial charge in [0.15, 0.2) is 0 Å². The van der Waals surface area contributed by atoms with Gasteiger partial charge in [-0.3, -0.25) is 0 Å². The number of hydrogen-bond donors (Lipinski definition) is 1. The van der Waals surface area contributed by atoms with E-state index in [-0.39, 0.29) is 6.04 Å². The van der Waals surface area contributed by atoms with Crippen LogP contribution < -0.4 is 10.6 Å². The summed E-state index contributed by atoms with van der Waals surface area (Å²) in [5, 5.41) is 0. The van der Waals surface area contributed by atoms with Gasteiger partial charge in [-0.25, -0.2) is 0 Å². The van der Waals surface area contributed by atoms with Crippen molar-refractivity contribution in [2.24, 2.45) is 11.7 Å². The van der Waals surface area contributed by atoms with Crippen molar-refractivity contribution in [3.63, 3.8) is 0 Å². The summed E-state index contributed by atoms with van der Waals surface area (Å²) in [7, 11) is 0. The Bertz CT molecular complexity index is 417. The van der Waals surface area contributed by atoms with Crippen LogP contribution in [0.25, 0.3) is 0 Å². The Morgan fingerprint density at radius 1 is 1.37 bits per heavy atom. The first-order valence-electron chi connectivity index (χ1n) is 7.41. The SMILES string of the molecule is CCC1CCCN(c2ccc(C(C)N)cc2Br)CC1. The van der Waals surface area contributed by atoms with Crippen LogP contribution in [0.15, 0.2) is 22.7 Å². The molecule has 2 atom stereocenters. The molecule has 2 nitrogen and oxygen atoms in total.